The Kier molecular flexibility index (Phi) is 7.33. The van der Waals surface area contributed by atoms with Gasteiger partial charge in [-0.1, -0.05) is 0 Å². The van der Waals surface area contributed by atoms with E-state index in [1.807, 2.05) is 11.8 Å². The van der Waals surface area contributed by atoms with Crippen molar-refractivity contribution >= 4 is 11.8 Å². The number of likely N-dealkylation sites (tertiary alicyclic amines) is 2. The molecule has 2 aliphatic rings. The van der Waals surface area contributed by atoms with Gasteiger partial charge in [0, 0.05) is 45.5 Å². The Balaban J connectivity index is 1.48. The van der Waals surface area contributed by atoms with Crippen molar-refractivity contribution in [3.05, 3.63) is 23.8 Å². The van der Waals surface area contributed by atoms with E-state index in [4.69, 9.17) is 4.74 Å². The number of nitrogens with zero attached hydrogens (tertiary/aromatic N) is 4. The van der Waals surface area contributed by atoms with Crippen LogP contribution in [0, 0.1) is 12.8 Å². The van der Waals surface area contributed by atoms with E-state index in [0.29, 0.717) is 24.9 Å². The molecule has 28 heavy (non-hydrogen) atoms. The monoisotopic (exact) mass is 389 g/mol. The van der Waals surface area contributed by atoms with Crippen molar-refractivity contribution < 1.29 is 14.3 Å². The highest BCUT2D eigenvalue weighted by atomic mass is 16.5. The normalized spacial score (nSPS) is 21.5. The van der Waals surface area contributed by atoms with Gasteiger partial charge in [-0.2, -0.15) is 0 Å². The summed E-state index contributed by atoms with van der Waals surface area (Å²) in [5, 5.41) is 2.96. The van der Waals surface area contributed by atoms with E-state index in [9.17, 15) is 9.59 Å². The summed E-state index contributed by atoms with van der Waals surface area (Å²) in [5.74, 6) is 0.139. The van der Waals surface area contributed by atoms with Crippen LogP contribution >= 0.6 is 0 Å². The Morgan fingerprint density at radius 2 is 1.96 bits per heavy atom. The number of hydrogen-bond donors (Lipinski definition) is 1. The van der Waals surface area contributed by atoms with E-state index in [0.717, 1.165) is 57.6 Å². The third-order valence-corrected chi connectivity index (χ3v) is 5.70. The molecule has 0 saturated carbocycles. The van der Waals surface area contributed by atoms with Gasteiger partial charge in [-0.15, -0.1) is 0 Å². The van der Waals surface area contributed by atoms with E-state index in [1.165, 1.54) is 0 Å². The van der Waals surface area contributed by atoms with Gasteiger partial charge in [-0.3, -0.25) is 19.5 Å². The molecule has 2 aliphatic heterocycles. The molecule has 1 atom stereocenters. The lowest BCUT2D eigenvalue weighted by atomic mass is 9.93. The van der Waals surface area contributed by atoms with Gasteiger partial charge >= 0.3 is 0 Å². The Bertz CT molecular complexity index is 658. The molecule has 2 amide bonds. The fraction of sp³-hybridized carbons (Fsp3) is 0.700. The van der Waals surface area contributed by atoms with Crippen LogP contribution in [0.4, 0.5) is 0 Å². The van der Waals surface area contributed by atoms with Crippen LogP contribution in [-0.2, 0) is 9.53 Å². The van der Waals surface area contributed by atoms with Crippen LogP contribution in [0.5, 0.6) is 0 Å². The number of amides is 2. The topological polar surface area (TPSA) is 87.7 Å². The quantitative estimate of drug-likeness (QED) is 0.727. The number of aryl methyl sites for hydroxylation is 1. The van der Waals surface area contributed by atoms with Crippen LogP contribution in [0.1, 0.15) is 41.9 Å². The lowest BCUT2D eigenvalue weighted by molar-refractivity contribution is -0.127. The van der Waals surface area contributed by atoms with Gasteiger partial charge in [-0.25, -0.2) is 4.98 Å². The first-order valence-electron chi connectivity index (χ1n) is 10.2. The number of methoxy groups -OCH3 is 1. The van der Waals surface area contributed by atoms with Crippen LogP contribution in [-0.4, -0.2) is 84.1 Å². The average Bonchev–Trinajstić information content (AvgIpc) is 2.74. The van der Waals surface area contributed by atoms with Crippen LogP contribution in [0.2, 0.25) is 0 Å². The van der Waals surface area contributed by atoms with Crippen molar-refractivity contribution in [2.24, 2.45) is 5.92 Å². The van der Waals surface area contributed by atoms with Crippen molar-refractivity contribution in [1.82, 2.24) is 25.1 Å². The summed E-state index contributed by atoms with van der Waals surface area (Å²) in [6, 6.07) is 0.433. The number of carbonyl (C=O) groups excluding carboxylic acids is 2. The van der Waals surface area contributed by atoms with Crippen molar-refractivity contribution in [1.29, 1.82) is 0 Å². The predicted octanol–water partition coefficient (Wildman–Crippen LogP) is 0.864. The maximum atomic E-state index is 12.6. The first kappa shape index (κ1) is 20.7. The molecular formula is C20H31N5O3. The molecule has 0 radical (unpaired) electrons. The summed E-state index contributed by atoms with van der Waals surface area (Å²) in [6.45, 7) is 6.25. The summed E-state index contributed by atoms with van der Waals surface area (Å²) in [5.41, 5.74) is 1.22. The van der Waals surface area contributed by atoms with Crippen LogP contribution < -0.4 is 5.32 Å². The SMILES string of the molecule is COCCNC(=O)C1CCCN(C2CCN(C(=O)c3cnc(C)cn3)CC2)C1. The van der Waals surface area contributed by atoms with E-state index in [1.54, 1.807) is 19.5 Å². The number of piperidine rings is 2. The molecule has 3 heterocycles. The molecule has 0 aromatic carbocycles. The minimum absolute atomic E-state index is 0.0417. The number of aromatic nitrogens is 2. The fourth-order valence-electron chi connectivity index (χ4n) is 4.07. The molecule has 2 fully saturated rings. The highest BCUT2D eigenvalue weighted by Gasteiger charge is 2.32. The van der Waals surface area contributed by atoms with E-state index >= 15 is 0 Å². The molecule has 8 nitrogen and oxygen atoms in total. The molecule has 1 aromatic rings. The second-order valence-corrected chi connectivity index (χ2v) is 7.68. The first-order valence-corrected chi connectivity index (χ1v) is 10.2. The summed E-state index contributed by atoms with van der Waals surface area (Å²) in [7, 11) is 1.64. The zero-order valence-electron chi connectivity index (χ0n) is 16.9. The molecule has 2 saturated heterocycles. The second-order valence-electron chi connectivity index (χ2n) is 7.68. The number of carbonyl (C=O) groups is 2. The molecule has 0 spiro atoms. The molecule has 3 rings (SSSR count). The van der Waals surface area contributed by atoms with Crippen molar-refractivity contribution in [3.63, 3.8) is 0 Å². The van der Waals surface area contributed by atoms with Gasteiger partial charge in [0.15, 0.2) is 0 Å². The molecular weight excluding hydrogens is 358 g/mol. The van der Waals surface area contributed by atoms with Gasteiger partial charge < -0.3 is 15.0 Å². The Hall–Kier alpha value is -2.06. The van der Waals surface area contributed by atoms with Gasteiger partial charge in [0.25, 0.3) is 5.91 Å². The van der Waals surface area contributed by atoms with Crippen molar-refractivity contribution in [2.45, 2.75) is 38.6 Å². The van der Waals surface area contributed by atoms with Gasteiger partial charge in [0.05, 0.1) is 24.4 Å². The third kappa shape index (κ3) is 5.26. The third-order valence-electron chi connectivity index (χ3n) is 5.70. The maximum absolute atomic E-state index is 12.6. The van der Waals surface area contributed by atoms with E-state index in [2.05, 4.69) is 20.2 Å². The minimum atomic E-state index is -0.0417. The molecule has 1 unspecified atom stereocenters. The smallest absolute Gasteiger partial charge is 0.274 e. The standard InChI is InChI=1S/C20H31N5O3/c1-15-12-23-18(13-22-15)20(27)24-9-5-17(6-10-24)25-8-3-4-16(14-25)19(26)21-7-11-28-2/h12-13,16-17H,3-11,14H2,1-2H3,(H,21,26). The minimum Gasteiger partial charge on any atom is -0.383 e. The van der Waals surface area contributed by atoms with Gasteiger partial charge in [0.2, 0.25) is 5.91 Å². The zero-order valence-corrected chi connectivity index (χ0v) is 16.9. The molecule has 1 aromatic heterocycles. The number of hydrogen-bond acceptors (Lipinski definition) is 6. The van der Waals surface area contributed by atoms with Crippen molar-refractivity contribution in [2.75, 3.05) is 46.4 Å². The molecule has 8 heteroatoms. The molecule has 154 valence electrons. The number of rotatable bonds is 6. The molecule has 1 N–H and O–H groups in total. The highest BCUT2D eigenvalue weighted by Crippen LogP contribution is 2.24. The largest absolute Gasteiger partial charge is 0.383 e. The van der Waals surface area contributed by atoms with Crippen LogP contribution in [0.3, 0.4) is 0 Å². The van der Waals surface area contributed by atoms with E-state index < -0.39 is 0 Å². The molecule has 0 bridgehead atoms. The van der Waals surface area contributed by atoms with E-state index in [-0.39, 0.29) is 17.7 Å². The Morgan fingerprint density at radius 3 is 2.64 bits per heavy atom. The van der Waals surface area contributed by atoms with Gasteiger partial charge in [-0.05, 0) is 39.2 Å². The maximum Gasteiger partial charge on any atom is 0.274 e. The van der Waals surface area contributed by atoms with Crippen molar-refractivity contribution in [3.8, 4) is 0 Å². The summed E-state index contributed by atoms with van der Waals surface area (Å²) >= 11 is 0. The predicted molar refractivity (Wildman–Crippen MR) is 105 cm³/mol. The highest BCUT2D eigenvalue weighted by molar-refractivity contribution is 5.92. The van der Waals surface area contributed by atoms with Crippen LogP contribution in [0.25, 0.3) is 0 Å². The van der Waals surface area contributed by atoms with Gasteiger partial charge in [0.1, 0.15) is 5.69 Å². The lowest BCUT2D eigenvalue weighted by Gasteiger charge is -2.42. The second kappa shape index (κ2) is 9.93. The average molecular weight is 390 g/mol. The zero-order chi connectivity index (χ0) is 19.9. The molecule has 0 aliphatic carbocycles. The Morgan fingerprint density at radius 1 is 1.18 bits per heavy atom. The lowest BCUT2D eigenvalue weighted by Crippen LogP contribution is -2.51. The summed E-state index contributed by atoms with van der Waals surface area (Å²) < 4.78 is 5.00. The number of ether oxygens (including phenoxy) is 1. The summed E-state index contributed by atoms with van der Waals surface area (Å²) in [4.78, 5) is 37.7. The fourth-order valence-corrected chi connectivity index (χ4v) is 4.07. The number of nitrogens with one attached hydrogen (secondary N) is 1. The van der Waals surface area contributed by atoms with Crippen LogP contribution in [0.15, 0.2) is 12.4 Å². The first-order chi connectivity index (χ1) is 13.6. The summed E-state index contributed by atoms with van der Waals surface area (Å²) in [6.07, 6.45) is 7.04. The Labute approximate surface area is 166 Å².